The Kier molecular flexibility index (Phi) is 3.82. The molecular weight excluding hydrogens is 268 g/mol. The molecule has 0 radical (unpaired) electrons. The van der Waals surface area contributed by atoms with Crippen LogP contribution in [0.4, 0.5) is 5.69 Å². The van der Waals surface area contributed by atoms with Crippen LogP contribution in [-0.2, 0) is 16.0 Å². The zero-order valence-corrected chi connectivity index (χ0v) is 12.0. The number of anilines is 1. The third kappa shape index (κ3) is 2.86. The van der Waals surface area contributed by atoms with Crippen LogP contribution in [0.3, 0.4) is 0 Å². The fourth-order valence-electron chi connectivity index (χ4n) is 3.21. The number of hydrogen-bond donors (Lipinski definition) is 1. The lowest BCUT2D eigenvalue weighted by Gasteiger charge is -2.32. The number of para-hydroxylation sites is 1. The Morgan fingerprint density at radius 3 is 2.57 bits per heavy atom. The zero-order valence-electron chi connectivity index (χ0n) is 12.0. The average molecular weight is 288 g/mol. The summed E-state index contributed by atoms with van der Waals surface area (Å²) in [5, 5.41) is 8.99. The van der Waals surface area contributed by atoms with Gasteiger partial charge in [-0.3, -0.25) is 9.59 Å². The van der Waals surface area contributed by atoms with E-state index in [0.29, 0.717) is 32.5 Å². The Morgan fingerprint density at radius 2 is 1.86 bits per heavy atom. The Labute approximate surface area is 124 Å². The van der Waals surface area contributed by atoms with Gasteiger partial charge in [-0.1, -0.05) is 18.2 Å². The molecule has 2 aliphatic rings. The molecule has 0 unspecified atom stereocenters. The summed E-state index contributed by atoms with van der Waals surface area (Å²) in [5.41, 5.74) is 2.46. The van der Waals surface area contributed by atoms with Crippen LogP contribution < -0.4 is 4.90 Å². The van der Waals surface area contributed by atoms with Gasteiger partial charge in [-0.2, -0.15) is 0 Å². The van der Waals surface area contributed by atoms with Gasteiger partial charge < -0.3 is 14.9 Å². The van der Waals surface area contributed by atoms with E-state index < -0.39 is 5.97 Å². The second-order valence-electron chi connectivity index (χ2n) is 5.79. The molecular formula is C16H20N2O3. The van der Waals surface area contributed by atoms with Gasteiger partial charge in [0, 0.05) is 25.3 Å². The van der Waals surface area contributed by atoms with Crippen molar-refractivity contribution in [2.45, 2.75) is 19.3 Å². The number of carboxylic acid groups (broad SMARTS) is 1. The lowest BCUT2D eigenvalue weighted by Crippen LogP contribution is -2.45. The van der Waals surface area contributed by atoms with Crippen molar-refractivity contribution in [1.29, 1.82) is 0 Å². The number of fused-ring (bicyclic) bond motifs is 1. The molecule has 0 aliphatic carbocycles. The summed E-state index contributed by atoms with van der Waals surface area (Å²) in [5.74, 6) is -0.923. The van der Waals surface area contributed by atoms with Crippen LogP contribution in [0.25, 0.3) is 0 Å². The van der Waals surface area contributed by atoms with Crippen LogP contribution in [-0.4, -0.2) is 48.1 Å². The van der Waals surface area contributed by atoms with Crippen LogP contribution in [0.1, 0.15) is 18.4 Å². The number of carbonyl (C=O) groups excluding carboxylic acids is 1. The van der Waals surface area contributed by atoms with Crippen molar-refractivity contribution >= 4 is 17.6 Å². The van der Waals surface area contributed by atoms with E-state index in [0.717, 1.165) is 18.7 Å². The van der Waals surface area contributed by atoms with E-state index in [4.69, 9.17) is 5.11 Å². The van der Waals surface area contributed by atoms with Gasteiger partial charge in [0.25, 0.3) is 0 Å². The Balaban J connectivity index is 1.57. The molecule has 1 N–H and O–H groups in total. The number of aliphatic carboxylic acids is 1. The third-order valence-electron chi connectivity index (χ3n) is 4.51. The molecule has 3 rings (SSSR count). The maximum absolute atomic E-state index is 12.4. The first kappa shape index (κ1) is 13.9. The number of carboxylic acids is 1. The molecule has 0 aromatic heterocycles. The molecule has 0 atom stereocenters. The van der Waals surface area contributed by atoms with Crippen LogP contribution in [0.2, 0.25) is 0 Å². The van der Waals surface area contributed by atoms with Gasteiger partial charge in [0.05, 0.1) is 12.5 Å². The number of rotatable bonds is 3. The highest BCUT2D eigenvalue weighted by atomic mass is 16.4. The molecule has 0 saturated carbocycles. The van der Waals surface area contributed by atoms with Crippen LogP contribution in [0, 0.1) is 5.92 Å². The molecule has 21 heavy (non-hydrogen) atoms. The predicted molar refractivity (Wildman–Crippen MR) is 79.3 cm³/mol. The number of benzene rings is 1. The van der Waals surface area contributed by atoms with Gasteiger partial charge in [-0.25, -0.2) is 0 Å². The van der Waals surface area contributed by atoms with Crippen molar-refractivity contribution in [1.82, 2.24) is 4.90 Å². The zero-order chi connectivity index (χ0) is 14.8. The van der Waals surface area contributed by atoms with E-state index >= 15 is 0 Å². The van der Waals surface area contributed by atoms with Gasteiger partial charge in [0.15, 0.2) is 0 Å². The SMILES string of the molecule is O=C(O)C1CCN(C(=O)CN2CCc3ccccc32)CC1. The van der Waals surface area contributed by atoms with E-state index in [1.165, 1.54) is 5.56 Å². The minimum atomic E-state index is -0.740. The molecule has 2 aliphatic heterocycles. The van der Waals surface area contributed by atoms with E-state index in [1.807, 2.05) is 12.1 Å². The second-order valence-corrected chi connectivity index (χ2v) is 5.79. The predicted octanol–water partition coefficient (Wildman–Crippen LogP) is 1.37. The largest absolute Gasteiger partial charge is 0.481 e. The molecule has 0 bridgehead atoms. The Hall–Kier alpha value is -2.04. The van der Waals surface area contributed by atoms with Crippen molar-refractivity contribution in [3.63, 3.8) is 0 Å². The van der Waals surface area contributed by atoms with Crippen molar-refractivity contribution in [3.8, 4) is 0 Å². The summed E-state index contributed by atoms with van der Waals surface area (Å²) < 4.78 is 0. The summed E-state index contributed by atoms with van der Waals surface area (Å²) in [6, 6.07) is 8.20. The first-order valence-electron chi connectivity index (χ1n) is 7.48. The minimum absolute atomic E-state index is 0.107. The number of amides is 1. The monoisotopic (exact) mass is 288 g/mol. The molecule has 112 valence electrons. The Bertz CT molecular complexity index is 550. The number of likely N-dealkylation sites (tertiary alicyclic amines) is 1. The summed E-state index contributed by atoms with van der Waals surface area (Å²) in [4.78, 5) is 27.2. The first-order chi connectivity index (χ1) is 10.1. The van der Waals surface area contributed by atoms with Crippen molar-refractivity contribution < 1.29 is 14.7 Å². The van der Waals surface area contributed by atoms with E-state index in [2.05, 4.69) is 17.0 Å². The number of carbonyl (C=O) groups is 2. The number of nitrogens with zero attached hydrogens (tertiary/aromatic N) is 2. The highest BCUT2D eigenvalue weighted by molar-refractivity contribution is 5.82. The van der Waals surface area contributed by atoms with Gasteiger partial charge in [0.1, 0.15) is 0 Å². The van der Waals surface area contributed by atoms with Gasteiger partial charge in [0.2, 0.25) is 5.91 Å². The lowest BCUT2D eigenvalue weighted by molar-refractivity contribution is -0.145. The fourth-order valence-corrected chi connectivity index (χ4v) is 3.21. The maximum atomic E-state index is 12.4. The number of hydrogen-bond acceptors (Lipinski definition) is 3. The molecule has 2 heterocycles. The maximum Gasteiger partial charge on any atom is 0.306 e. The standard InChI is InChI=1S/C16H20N2O3/c19-15(17-8-6-13(7-9-17)16(20)21)11-18-10-5-12-3-1-2-4-14(12)18/h1-4,13H,5-11H2,(H,20,21). The van der Waals surface area contributed by atoms with Crippen molar-refractivity contribution in [2.75, 3.05) is 31.1 Å². The van der Waals surface area contributed by atoms with Crippen LogP contribution >= 0.6 is 0 Å². The quantitative estimate of drug-likeness (QED) is 0.912. The molecule has 5 nitrogen and oxygen atoms in total. The fraction of sp³-hybridized carbons (Fsp3) is 0.500. The highest BCUT2D eigenvalue weighted by Crippen LogP contribution is 2.27. The summed E-state index contributed by atoms with van der Waals surface area (Å²) >= 11 is 0. The molecule has 1 amide bonds. The molecule has 1 saturated heterocycles. The third-order valence-corrected chi connectivity index (χ3v) is 4.51. The second kappa shape index (κ2) is 5.76. The van der Waals surface area contributed by atoms with Crippen LogP contribution in [0.15, 0.2) is 24.3 Å². The highest BCUT2D eigenvalue weighted by Gasteiger charge is 2.28. The van der Waals surface area contributed by atoms with E-state index in [9.17, 15) is 9.59 Å². The smallest absolute Gasteiger partial charge is 0.306 e. The summed E-state index contributed by atoms with van der Waals surface area (Å²) in [6.07, 6.45) is 2.12. The van der Waals surface area contributed by atoms with E-state index in [1.54, 1.807) is 4.90 Å². The first-order valence-corrected chi connectivity index (χ1v) is 7.48. The summed E-state index contributed by atoms with van der Waals surface area (Å²) in [6.45, 7) is 2.40. The van der Waals surface area contributed by atoms with E-state index in [-0.39, 0.29) is 11.8 Å². The van der Waals surface area contributed by atoms with Gasteiger partial charge in [-0.05, 0) is 30.9 Å². The normalized spacial score (nSPS) is 18.7. The lowest BCUT2D eigenvalue weighted by atomic mass is 9.97. The molecule has 0 spiro atoms. The molecule has 1 fully saturated rings. The Morgan fingerprint density at radius 1 is 1.14 bits per heavy atom. The number of piperidine rings is 1. The van der Waals surface area contributed by atoms with Crippen LogP contribution in [0.5, 0.6) is 0 Å². The topological polar surface area (TPSA) is 60.9 Å². The molecule has 1 aromatic carbocycles. The van der Waals surface area contributed by atoms with Gasteiger partial charge >= 0.3 is 5.97 Å². The minimum Gasteiger partial charge on any atom is -0.481 e. The molecule has 5 heteroatoms. The van der Waals surface area contributed by atoms with Crippen molar-refractivity contribution in [2.24, 2.45) is 5.92 Å². The summed E-state index contributed by atoms with van der Waals surface area (Å²) in [7, 11) is 0. The average Bonchev–Trinajstić information content (AvgIpc) is 2.91. The van der Waals surface area contributed by atoms with Crippen molar-refractivity contribution in [3.05, 3.63) is 29.8 Å². The van der Waals surface area contributed by atoms with Gasteiger partial charge in [-0.15, -0.1) is 0 Å². The molecule has 1 aromatic rings.